The second-order valence-electron chi connectivity index (χ2n) is 4.20. The summed E-state index contributed by atoms with van der Waals surface area (Å²) in [6.45, 7) is 0. The first-order valence-electron chi connectivity index (χ1n) is 5.72. The van der Waals surface area contributed by atoms with Gasteiger partial charge in [0.2, 0.25) is 0 Å². The molecule has 0 atom stereocenters. The molecule has 0 unspecified atom stereocenters. The Labute approximate surface area is 95.0 Å². The van der Waals surface area contributed by atoms with E-state index in [1.54, 1.807) is 18.2 Å². The van der Waals surface area contributed by atoms with Gasteiger partial charge in [-0.3, -0.25) is 0 Å². The van der Waals surface area contributed by atoms with Gasteiger partial charge in [0.25, 0.3) is 0 Å². The van der Waals surface area contributed by atoms with Crippen LogP contribution in [-0.4, -0.2) is 17.5 Å². The number of ether oxygens (including phenoxy) is 1. The van der Waals surface area contributed by atoms with Gasteiger partial charge in [-0.25, -0.2) is 0 Å². The fourth-order valence-corrected chi connectivity index (χ4v) is 2.06. The van der Waals surface area contributed by atoms with Gasteiger partial charge in [0.05, 0.1) is 6.10 Å². The van der Waals surface area contributed by atoms with E-state index in [1.165, 1.54) is 12.8 Å². The number of hydrogen-bond donors (Lipinski definition) is 1. The average Bonchev–Trinajstić information content (AvgIpc) is 2.76. The predicted molar refractivity (Wildman–Crippen MR) is 60.8 cm³/mol. The zero-order valence-electron chi connectivity index (χ0n) is 9.19. The van der Waals surface area contributed by atoms with Crippen LogP contribution in [0.2, 0.25) is 0 Å². The molecule has 86 valence electrons. The molecule has 0 saturated heterocycles. The second kappa shape index (κ2) is 5.01. The largest absolute Gasteiger partial charge is 0.504 e. The number of aromatic hydroxyl groups is 1. The van der Waals surface area contributed by atoms with E-state index in [4.69, 9.17) is 4.74 Å². The number of phenolic OH excluding ortho intramolecular Hbond substituents is 1. The van der Waals surface area contributed by atoms with Crippen LogP contribution in [0.5, 0.6) is 11.5 Å². The van der Waals surface area contributed by atoms with Gasteiger partial charge in [-0.1, -0.05) is 6.07 Å². The molecular weight excluding hydrogens is 204 g/mol. The van der Waals surface area contributed by atoms with Crippen molar-refractivity contribution in [2.75, 3.05) is 0 Å². The smallest absolute Gasteiger partial charge is 0.161 e. The number of hydrogen-bond acceptors (Lipinski definition) is 3. The quantitative estimate of drug-likeness (QED) is 0.793. The van der Waals surface area contributed by atoms with Crippen molar-refractivity contribution >= 4 is 6.29 Å². The molecule has 0 heterocycles. The molecule has 3 heteroatoms. The van der Waals surface area contributed by atoms with Gasteiger partial charge < -0.3 is 14.6 Å². The molecule has 1 aromatic carbocycles. The van der Waals surface area contributed by atoms with Crippen molar-refractivity contribution in [3.05, 3.63) is 23.8 Å². The number of carbonyl (C=O) groups is 1. The monoisotopic (exact) mass is 220 g/mol. The van der Waals surface area contributed by atoms with Crippen LogP contribution in [0.4, 0.5) is 0 Å². The van der Waals surface area contributed by atoms with Crippen LogP contribution in [0, 0.1) is 0 Å². The third-order valence-electron chi connectivity index (χ3n) is 2.94. The lowest BCUT2D eigenvalue weighted by molar-refractivity contribution is -0.107. The molecule has 1 aromatic rings. The van der Waals surface area contributed by atoms with E-state index in [1.807, 2.05) is 0 Å². The molecule has 0 amide bonds. The van der Waals surface area contributed by atoms with Gasteiger partial charge in [0.1, 0.15) is 6.29 Å². The van der Waals surface area contributed by atoms with Crippen LogP contribution < -0.4 is 4.74 Å². The zero-order chi connectivity index (χ0) is 11.4. The molecule has 1 saturated carbocycles. The van der Waals surface area contributed by atoms with E-state index in [0.29, 0.717) is 12.2 Å². The first kappa shape index (κ1) is 11.0. The normalized spacial score (nSPS) is 16.2. The van der Waals surface area contributed by atoms with Gasteiger partial charge in [-0.15, -0.1) is 0 Å². The van der Waals surface area contributed by atoms with Crippen molar-refractivity contribution in [1.82, 2.24) is 0 Å². The Balaban J connectivity index is 2.11. The van der Waals surface area contributed by atoms with E-state index in [0.717, 1.165) is 24.7 Å². The minimum absolute atomic E-state index is 0.154. The fraction of sp³-hybridized carbons (Fsp3) is 0.462. The van der Waals surface area contributed by atoms with Gasteiger partial charge in [0, 0.05) is 6.42 Å². The molecule has 1 fully saturated rings. The maximum absolute atomic E-state index is 10.4. The SMILES string of the molecule is O=CCc1ccc(O)c(OC2CCCC2)c1. The van der Waals surface area contributed by atoms with Crippen LogP contribution >= 0.6 is 0 Å². The highest BCUT2D eigenvalue weighted by Gasteiger charge is 2.18. The topological polar surface area (TPSA) is 46.5 Å². The first-order valence-corrected chi connectivity index (χ1v) is 5.72. The van der Waals surface area contributed by atoms with E-state index in [2.05, 4.69) is 0 Å². The second-order valence-corrected chi connectivity index (χ2v) is 4.20. The third-order valence-corrected chi connectivity index (χ3v) is 2.94. The molecule has 0 bridgehead atoms. The highest BCUT2D eigenvalue weighted by atomic mass is 16.5. The first-order chi connectivity index (χ1) is 7.79. The molecule has 2 rings (SSSR count). The number of benzene rings is 1. The highest BCUT2D eigenvalue weighted by Crippen LogP contribution is 2.31. The molecule has 1 N–H and O–H groups in total. The molecular formula is C13H16O3. The molecule has 0 radical (unpaired) electrons. The van der Waals surface area contributed by atoms with E-state index in [9.17, 15) is 9.90 Å². The molecule has 0 aliphatic heterocycles. The van der Waals surface area contributed by atoms with E-state index in [-0.39, 0.29) is 11.9 Å². The Bertz CT molecular complexity index is 367. The van der Waals surface area contributed by atoms with Crippen molar-refractivity contribution in [2.45, 2.75) is 38.2 Å². The van der Waals surface area contributed by atoms with Crippen molar-refractivity contribution in [3.63, 3.8) is 0 Å². The Morgan fingerprint density at radius 1 is 1.38 bits per heavy atom. The van der Waals surface area contributed by atoms with Gasteiger partial charge >= 0.3 is 0 Å². The summed E-state index contributed by atoms with van der Waals surface area (Å²) >= 11 is 0. The minimum atomic E-state index is 0.154. The van der Waals surface area contributed by atoms with Crippen LogP contribution in [0.25, 0.3) is 0 Å². The van der Waals surface area contributed by atoms with Crippen LogP contribution in [-0.2, 0) is 11.2 Å². The standard InChI is InChI=1S/C13H16O3/c14-8-7-10-5-6-12(15)13(9-10)16-11-3-1-2-4-11/h5-6,8-9,11,15H,1-4,7H2. The van der Waals surface area contributed by atoms with Crippen molar-refractivity contribution in [1.29, 1.82) is 0 Å². The molecule has 16 heavy (non-hydrogen) atoms. The predicted octanol–water partition coefficient (Wildman–Crippen LogP) is 2.46. The van der Waals surface area contributed by atoms with Crippen LogP contribution in [0.1, 0.15) is 31.2 Å². The summed E-state index contributed by atoms with van der Waals surface area (Å²) in [5.41, 5.74) is 0.876. The number of carbonyl (C=O) groups excluding carboxylic acids is 1. The summed E-state index contributed by atoms with van der Waals surface area (Å²) in [5, 5.41) is 9.65. The van der Waals surface area contributed by atoms with E-state index < -0.39 is 0 Å². The Morgan fingerprint density at radius 2 is 2.12 bits per heavy atom. The summed E-state index contributed by atoms with van der Waals surface area (Å²) in [6, 6.07) is 5.08. The third kappa shape index (κ3) is 2.54. The van der Waals surface area contributed by atoms with Crippen LogP contribution in [0.3, 0.4) is 0 Å². The van der Waals surface area contributed by atoms with Crippen molar-refractivity contribution < 1.29 is 14.6 Å². The highest BCUT2D eigenvalue weighted by molar-refractivity contribution is 5.56. The Hall–Kier alpha value is -1.51. The Kier molecular flexibility index (Phi) is 3.44. The molecule has 0 spiro atoms. The van der Waals surface area contributed by atoms with Gasteiger partial charge in [-0.2, -0.15) is 0 Å². The lowest BCUT2D eigenvalue weighted by atomic mass is 10.1. The summed E-state index contributed by atoms with van der Waals surface area (Å²) < 4.78 is 5.73. The molecule has 3 nitrogen and oxygen atoms in total. The summed E-state index contributed by atoms with van der Waals surface area (Å²) in [6.07, 6.45) is 5.93. The van der Waals surface area contributed by atoms with Crippen molar-refractivity contribution in [3.8, 4) is 11.5 Å². The molecule has 1 aliphatic rings. The van der Waals surface area contributed by atoms with Crippen LogP contribution in [0.15, 0.2) is 18.2 Å². The maximum Gasteiger partial charge on any atom is 0.161 e. The van der Waals surface area contributed by atoms with Crippen molar-refractivity contribution in [2.24, 2.45) is 0 Å². The van der Waals surface area contributed by atoms with Gasteiger partial charge in [0.15, 0.2) is 11.5 Å². The maximum atomic E-state index is 10.4. The zero-order valence-corrected chi connectivity index (χ0v) is 9.19. The Morgan fingerprint density at radius 3 is 2.81 bits per heavy atom. The molecule has 1 aliphatic carbocycles. The lowest BCUT2D eigenvalue weighted by Gasteiger charge is -2.14. The molecule has 0 aromatic heterocycles. The number of aldehydes is 1. The number of rotatable bonds is 4. The minimum Gasteiger partial charge on any atom is -0.504 e. The fourth-order valence-electron chi connectivity index (χ4n) is 2.06. The summed E-state index contributed by atoms with van der Waals surface area (Å²) in [5.74, 6) is 0.660. The summed E-state index contributed by atoms with van der Waals surface area (Å²) in [4.78, 5) is 10.4. The lowest BCUT2D eigenvalue weighted by Crippen LogP contribution is -2.11. The summed E-state index contributed by atoms with van der Waals surface area (Å²) in [7, 11) is 0. The number of phenols is 1. The van der Waals surface area contributed by atoms with Gasteiger partial charge in [-0.05, 0) is 43.4 Å². The van der Waals surface area contributed by atoms with E-state index >= 15 is 0 Å². The average molecular weight is 220 g/mol.